The number of nitro groups is 1. The minimum atomic E-state index is -4.08. The van der Waals surface area contributed by atoms with Gasteiger partial charge in [0.1, 0.15) is 5.25 Å². The molecular weight excluding hydrogens is 356 g/mol. The number of primary amides is 1. The first kappa shape index (κ1) is 17.9. The van der Waals surface area contributed by atoms with Gasteiger partial charge in [-0.05, 0) is 36.2 Å². The van der Waals surface area contributed by atoms with E-state index in [1.807, 2.05) is 0 Å². The third kappa shape index (κ3) is 3.90. The molecule has 2 N–H and O–H groups in total. The second-order valence-electron chi connectivity index (χ2n) is 5.02. The minimum Gasteiger partial charge on any atom is -0.369 e. The zero-order valence-corrected chi connectivity index (χ0v) is 13.8. The van der Waals surface area contributed by atoms with E-state index in [9.17, 15) is 23.3 Å². The Balaban J connectivity index is 2.36. The van der Waals surface area contributed by atoms with E-state index in [1.54, 1.807) is 24.3 Å². The van der Waals surface area contributed by atoms with E-state index in [1.165, 1.54) is 0 Å². The fraction of sp³-hybridized carbons (Fsp3) is 0.133. The van der Waals surface area contributed by atoms with Crippen molar-refractivity contribution < 1.29 is 18.1 Å². The molecule has 1 unspecified atom stereocenters. The number of nitrogens with zero attached hydrogens (tertiary/aromatic N) is 1. The molecule has 2 aromatic rings. The van der Waals surface area contributed by atoms with Gasteiger partial charge < -0.3 is 5.73 Å². The Labute approximate surface area is 143 Å². The second-order valence-corrected chi connectivity index (χ2v) is 7.58. The maximum Gasteiger partial charge on any atom is 0.269 e. The number of sulfone groups is 1. The first-order valence-corrected chi connectivity index (χ1v) is 8.66. The highest BCUT2D eigenvalue weighted by Gasteiger charge is 2.32. The summed E-state index contributed by atoms with van der Waals surface area (Å²) in [5.74, 6) is -0.997. The fourth-order valence-electron chi connectivity index (χ4n) is 2.12. The molecule has 126 valence electrons. The van der Waals surface area contributed by atoms with Crippen molar-refractivity contribution in [3.8, 4) is 0 Å². The van der Waals surface area contributed by atoms with Crippen LogP contribution in [-0.4, -0.2) is 24.5 Å². The van der Waals surface area contributed by atoms with E-state index in [-0.39, 0.29) is 17.0 Å². The molecule has 9 heteroatoms. The summed E-state index contributed by atoms with van der Waals surface area (Å²) < 4.78 is 25.3. The predicted octanol–water partition coefficient (Wildman–Crippen LogP) is 2.12. The number of nitrogens with two attached hydrogens (primary N) is 1. The standard InChI is InChI=1S/C15H13ClN2O5S/c16-11-3-1-10(2-4-11)9-14(15(17)19)24(22,23)13-7-5-12(6-8-13)18(20)21/h1-8,14H,9H2,(H2,17,19). The van der Waals surface area contributed by atoms with Crippen molar-refractivity contribution in [3.63, 3.8) is 0 Å². The molecule has 1 atom stereocenters. The van der Waals surface area contributed by atoms with Crippen LogP contribution in [-0.2, 0) is 21.1 Å². The van der Waals surface area contributed by atoms with Crippen LogP contribution in [0.3, 0.4) is 0 Å². The number of non-ortho nitro benzene ring substituents is 1. The summed E-state index contributed by atoms with van der Waals surface area (Å²) in [6.45, 7) is 0. The molecule has 0 aromatic heterocycles. The van der Waals surface area contributed by atoms with Gasteiger partial charge in [0.15, 0.2) is 9.84 Å². The van der Waals surface area contributed by atoms with Crippen molar-refractivity contribution >= 4 is 33.0 Å². The number of nitro benzene ring substituents is 1. The summed E-state index contributed by atoms with van der Waals surface area (Å²) in [5, 5.41) is 9.64. The van der Waals surface area contributed by atoms with Gasteiger partial charge in [-0.2, -0.15) is 0 Å². The van der Waals surface area contributed by atoms with E-state index in [2.05, 4.69) is 0 Å². The van der Waals surface area contributed by atoms with Gasteiger partial charge in [-0.1, -0.05) is 23.7 Å². The molecule has 0 aliphatic carbocycles. The normalized spacial score (nSPS) is 12.5. The summed E-state index contributed by atoms with van der Waals surface area (Å²) in [6.07, 6.45) is -0.119. The molecule has 0 bridgehead atoms. The summed E-state index contributed by atoms with van der Waals surface area (Å²) in [7, 11) is -4.08. The lowest BCUT2D eigenvalue weighted by Crippen LogP contribution is -2.37. The highest BCUT2D eigenvalue weighted by atomic mass is 35.5. The molecule has 0 saturated heterocycles. The maximum atomic E-state index is 12.6. The highest BCUT2D eigenvalue weighted by Crippen LogP contribution is 2.22. The fourth-order valence-corrected chi connectivity index (χ4v) is 3.81. The number of carbonyl (C=O) groups is 1. The topological polar surface area (TPSA) is 120 Å². The Kier molecular flexibility index (Phi) is 5.20. The molecule has 24 heavy (non-hydrogen) atoms. The van der Waals surface area contributed by atoms with Crippen LogP contribution in [0.1, 0.15) is 5.56 Å². The first-order chi connectivity index (χ1) is 11.2. The van der Waals surface area contributed by atoms with Crippen LogP contribution in [0.25, 0.3) is 0 Å². The van der Waals surface area contributed by atoms with Crippen molar-refractivity contribution in [2.24, 2.45) is 5.73 Å². The predicted molar refractivity (Wildman–Crippen MR) is 88.4 cm³/mol. The van der Waals surface area contributed by atoms with Gasteiger partial charge in [0.25, 0.3) is 5.69 Å². The molecular formula is C15H13ClN2O5S. The van der Waals surface area contributed by atoms with E-state index in [4.69, 9.17) is 17.3 Å². The zero-order valence-electron chi connectivity index (χ0n) is 12.3. The van der Waals surface area contributed by atoms with Gasteiger partial charge in [0.05, 0.1) is 9.82 Å². The number of carbonyl (C=O) groups excluding carboxylic acids is 1. The van der Waals surface area contributed by atoms with E-state index < -0.39 is 25.9 Å². The summed E-state index contributed by atoms with van der Waals surface area (Å²) in [4.78, 5) is 21.5. The Morgan fingerprint density at radius 3 is 2.12 bits per heavy atom. The lowest BCUT2D eigenvalue weighted by molar-refractivity contribution is -0.384. The van der Waals surface area contributed by atoms with Crippen LogP contribution in [0.4, 0.5) is 5.69 Å². The lowest BCUT2D eigenvalue weighted by Gasteiger charge is -2.14. The van der Waals surface area contributed by atoms with Crippen LogP contribution in [0.5, 0.6) is 0 Å². The zero-order chi connectivity index (χ0) is 17.9. The number of hydrogen-bond donors (Lipinski definition) is 1. The molecule has 7 nitrogen and oxygen atoms in total. The molecule has 0 aliphatic rings. The molecule has 0 spiro atoms. The third-order valence-electron chi connectivity index (χ3n) is 3.40. The number of amides is 1. The first-order valence-electron chi connectivity index (χ1n) is 6.74. The average Bonchev–Trinajstić information content (AvgIpc) is 2.53. The Bertz CT molecular complexity index is 864. The van der Waals surface area contributed by atoms with Crippen molar-refractivity contribution in [2.75, 3.05) is 0 Å². The Morgan fingerprint density at radius 1 is 1.12 bits per heavy atom. The molecule has 0 aliphatic heterocycles. The summed E-state index contributed by atoms with van der Waals surface area (Å²) >= 11 is 5.77. The van der Waals surface area contributed by atoms with Gasteiger partial charge in [-0.15, -0.1) is 0 Å². The number of halogens is 1. The average molecular weight is 369 g/mol. The quantitative estimate of drug-likeness (QED) is 0.618. The number of hydrogen-bond acceptors (Lipinski definition) is 5. The molecule has 2 rings (SSSR count). The minimum absolute atomic E-state index is 0.119. The molecule has 2 aromatic carbocycles. The smallest absolute Gasteiger partial charge is 0.269 e. The summed E-state index contributed by atoms with van der Waals surface area (Å²) in [6, 6.07) is 10.7. The molecule has 0 heterocycles. The van der Waals surface area contributed by atoms with Crippen LogP contribution >= 0.6 is 11.6 Å². The van der Waals surface area contributed by atoms with Crippen LogP contribution < -0.4 is 5.73 Å². The van der Waals surface area contributed by atoms with E-state index >= 15 is 0 Å². The second kappa shape index (κ2) is 6.98. The third-order valence-corrected chi connectivity index (χ3v) is 5.73. The van der Waals surface area contributed by atoms with Gasteiger partial charge in [0.2, 0.25) is 5.91 Å². The van der Waals surface area contributed by atoms with Crippen molar-refractivity contribution in [1.29, 1.82) is 0 Å². The van der Waals surface area contributed by atoms with E-state index in [0.717, 1.165) is 24.3 Å². The molecule has 1 amide bonds. The van der Waals surface area contributed by atoms with Crippen LogP contribution in [0, 0.1) is 10.1 Å². The Morgan fingerprint density at radius 2 is 1.67 bits per heavy atom. The Hall–Kier alpha value is -2.45. The largest absolute Gasteiger partial charge is 0.369 e. The molecule has 0 radical (unpaired) electrons. The van der Waals surface area contributed by atoms with Crippen molar-refractivity contribution in [2.45, 2.75) is 16.6 Å². The van der Waals surface area contributed by atoms with E-state index in [0.29, 0.717) is 10.6 Å². The van der Waals surface area contributed by atoms with Crippen molar-refractivity contribution in [3.05, 3.63) is 69.2 Å². The summed E-state index contributed by atoms with van der Waals surface area (Å²) in [5.41, 5.74) is 5.59. The maximum absolute atomic E-state index is 12.6. The van der Waals surface area contributed by atoms with Crippen LogP contribution in [0.2, 0.25) is 5.02 Å². The molecule has 0 saturated carbocycles. The van der Waals surface area contributed by atoms with Gasteiger partial charge in [0, 0.05) is 17.2 Å². The lowest BCUT2D eigenvalue weighted by atomic mass is 10.1. The molecule has 0 fully saturated rings. The monoisotopic (exact) mass is 368 g/mol. The van der Waals surface area contributed by atoms with Crippen LogP contribution in [0.15, 0.2) is 53.4 Å². The van der Waals surface area contributed by atoms with Gasteiger partial charge >= 0.3 is 0 Å². The van der Waals surface area contributed by atoms with Crippen molar-refractivity contribution in [1.82, 2.24) is 0 Å². The van der Waals surface area contributed by atoms with Gasteiger partial charge in [-0.25, -0.2) is 8.42 Å². The van der Waals surface area contributed by atoms with Gasteiger partial charge in [-0.3, -0.25) is 14.9 Å². The SMILES string of the molecule is NC(=O)C(Cc1ccc(Cl)cc1)S(=O)(=O)c1ccc([N+](=O)[O-])cc1. The highest BCUT2D eigenvalue weighted by molar-refractivity contribution is 7.92. The number of rotatable bonds is 6. The number of benzene rings is 2.